The topological polar surface area (TPSA) is 68.0 Å². The lowest BCUT2D eigenvalue weighted by atomic mass is 10.1. The first kappa shape index (κ1) is 14.9. The normalized spacial score (nSPS) is 12.0. The van der Waals surface area contributed by atoms with Crippen molar-refractivity contribution in [1.82, 2.24) is 10.3 Å². The van der Waals surface area contributed by atoms with Gasteiger partial charge in [0.15, 0.2) is 5.69 Å². The van der Waals surface area contributed by atoms with Crippen LogP contribution in [0, 0.1) is 11.6 Å². The van der Waals surface area contributed by atoms with E-state index in [1.807, 2.05) is 0 Å². The lowest BCUT2D eigenvalue weighted by molar-refractivity contribution is 0.0935. The van der Waals surface area contributed by atoms with Gasteiger partial charge in [0.05, 0.1) is 5.69 Å². The average molecular weight is 291 g/mol. The maximum Gasteiger partial charge on any atom is 0.272 e. The molecule has 6 heteroatoms. The number of pyridine rings is 1. The van der Waals surface area contributed by atoms with E-state index in [1.165, 1.54) is 24.4 Å². The summed E-state index contributed by atoms with van der Waals surface area (Å²) in [7, 11) is 0. The van der Waals surface area contributed by atoms with Crippen LogP contribution >= 0.6 is 0 Å². The van der Waals surface area contributed by atoms with E-state index < -0.39 is 23.6 Å². The molecule has 0 saturated carbocycles. The van der Waals surface area contributed by atoms with Crippen LogP contribution < -0.4 is 11.1 Å². The number of halogens is 2. The summed E-state index contributed by atoms with van der Waals surface area (Å²) in [5, 5.41) is 2.63. The van der Waals surface area contributed by atoms with E-state index >= 15 is 0 Å². The number of aromatic nitrogens is 1. The smallest absolute Gasteiger partial charge is 0.272 e. The highest BCUT2D eigenvalue weighted by atomic mass is 19.1. The minimum Gasteiger partial charge on any atom is -0.397 e. The number of carbonyl (C=O) groups excluding carboxylic acids is 1. The molecule has 0 fully saturated rings. The van der Waals surface area contributed by atoms with Crippen molar-refractivity contribution < 1.29 is 13.6 Å². The SMILES string of the molecule is CC(Cc1c(F)cccc1F)NC(=O)c1ncccc1N. The maximum absolute atomic E-state index is 13.6. The summed E-state index contributed by atoms with van der Waals surface area (Å²) in [4.78, 5) is 15.9. The van der Waals surface area contributed by atoms with Crippen molar-refractivity contribution in [3.63, 3.8) is 0 Å². The minimum absolute atomic E-state index is 0.0387. The lowest BCUT2D eigenvalue weighted by Crippen LogP contribution is -2.35. The van der Waals surface area contributed by atoms with Crippen molar-refractivity contribution in [2.45, 2.75) is 19.4 Å². The van der Waals surface area contributed by atoms with E-state index in [1.54, 1.807) is 19.1 Å². The molecule has 1 aromatic carbocycles. The van der Waals surface area contributed by atoms with E-state index in [4.69, 9.17) is 5.73 Å². The molecule has 21 heavy (non-hydrogen) atoms. The second kappa shape index (κ2) is 6.30. The zero-order chi connectivity index (χ0) is 15.4. The van der Waals surface area contributed by atoms with Gasteiger partial charge in [0.2, 0.25) is 0 Å². The van der Waals surface area contributed by atoms with Crippen LogP contribution in [0.5, 0.6) is 0 Å². The Balaban J connectivity index is 2.07. The molecule has 0 aliphatic rings. The zero-order valence-electron chi connectivity index (χ0n) is 11.4. The molecular weight excluding hydrogens is 276 g/mol. The highest BCUT2D eigenvalue weighted by molar-refractivity contribution is 5.97. The van der Waals surface area contributed by atoms with Crippen molar-refractivity contribution in [2.24, 2.45) is 0 Å². The van der Waals surface area contributed by atoms with Gasteiger partial charge in [-0.2, -0.15) is 0 Å². The third-order valence-electron chi connectivity index (χ3n) is 3.00. The van der Waals surface area contributed by atoms with Gasteiger partial charge in [0.25, 0.3) is 5.91 Å². The molecular formula is C15H15F2N3O. The van der Waals surface area contributed by atoms with Crippen LogP contribution in [0.4, 0.5) is 14.5 Å². The van der Waals surface area contributed by atoms with E-state index in [2.05, 4.69) is 10.3 Å². The monoisotopic (exact) mass is 291 g/mol. The Morgan fingerprint density at radius 3 is 2.57 bits per heavy atom. The Morgan fingerprint density at radius 2 is 1.95 bits per heavy atom. The number of rotatable bonds is 4. The molecule has 4 nitrogen and oxygen atoms in total. The number of nitrogen functional groups attached to an aromatic ring is 1. The summed E-state index contributed by atoms with van der Waals surface area (Å²) in [5.74, 6) is -1.74. The number of amides is 1. The third kappa shape index (κ3) is 3.53. The second-order valence-electron chi connectivity index (χ2n) is 4.72. The summed E-state index contributed by atoms with van der Waals surface area (Å²) in [6, 6.07) is 6.37. The van der Waals surface area contributed by atoms with Gasteiger partial charge in [0.1, 0.15) is 11.6 Å². The average Bonchev–Trinajstić information content (AvgIpc) is 2.43. The Hall–Kier alpha value is -2.50. The van der Waals surface area contributed by atoms with Crippen molar-refractivity contribution >= 4 is 11.6 Å². The van der Waals surface area contributed by atoms with Crippen LogP contribution in [0.25, 0.3) is 0 Å². The van der Waals surface area contributed by atoms with Gasteiger partial charge >= 0.3 is 0 Å². The first-order valence-electron chi connectivity index (χ1n) is 6.43. The molecule has 1 unspecified atom stereocenters. The standard InChI is InChI=1S/C15H15F2N3O/c1-9(8-10-11(16)4-2-5-12(10)17)20-15(21)14-13(18)6-3-7-19-14/h2-7,9H,8,18H2,1H3,(H,20,21). The van der Waals surface area contributed by atoms with Gasteiger partial charge < -0.3 is 11.1 Å². The summed E-state index contributed by atoms with van der Waals surface area (Å²) in [6.07, 6.45) is 1.49. The first-order chi connectivity index (χ1) is 9.99. The summed E-state index contributed by atoms with van der Waals surface area (Å²) < 4.78 is 27.1. The van der Waals surface area contributed by atoms with Crippen molar-refractivity contribution in [2.75, 3.05) is 5.73 Å². The Bertz CT molecular complexity index is 641. The molecule has 2 aromatic rings. The Kier molecular flexibility index (Phi) is 4.47. The van der Waals surface area contributed by atoms with Crippen LogP contribution in [-0.2, 0) is 6.42 Å². The van der Waals surface area contributed by atoms with Crippen LogP contribution in [0.15, 0.2) is 36.5 Å². The summed E-state index contributed by atoms with van der Waals surface area (Å²) >= 11 is 0. The van der Waals surface area contributed by atoms with E-state index in [0.29, 0.717) is 0 Å². The number of nitrogens with one attached hydrogen (secondary N) is 1. The predicted molar refractivity (Wildman–Crippen MR) is 75.6 cm³/mol. The number of hydrogen-bond donors (Lipinski definition) is 2. The molecule has 0 aliphatic carbocycles. The number of hydrogen-bond acceptors (Lipinski definition) is 3. The molecule has 0 saturated heterocycles. The van der Waals surface area contributed by atoms with Crippen LogP contribution in [0.2, 0.25) is 0 Å². The summed E-state index contributed by atoms with van der Waals surface area (Å²) in [5.41, 5.74) is 5.94. The van der Waals surface area contributed by atoms with Crippen molar-refractivity contribution in [1.29, 1.82) is 0 Å². The fourth-order valence-corrected chi connectivity index (χ4v) is 1.98. The van der Waals surface area contributed by atoms with E-state index in [-0.39, 0.29) is 23.4 Å². The molecule has 1 atom stereocenters. The number of anilines is 1. The molecule has 0 spiro atoms. The van der Waals surface area contributed by atoms with Crippen LogP contribution in [0.1, 0.15) is 23.0 Å². The summed E-state index contributed by atoms with van der Waals surface area (Å²) in [6.45, 7) is 1.66. The lowest BCUT2D eigenvalue weighted by Gasteiger charge is -2.15. The highest BCUT2D eigenvalue weighted by Crippen LogP contribution is 2.14. The molecule has 1 aromatic heterocycles. The van der Waals surface area contributed by atoms with Crippen molar-refractivity contribution in [3.8, 4) is 0 Å². The Morgan fingerprint density at radius 1 is 1.29 bits per heavy atom. The number of benzene rings is 1. The van der Waals surface area contributed by atoms with Crippen LogP contribution in [0.3, 0.4) is 0 Å². The quantitative estimate of drug-likeness (QED) is 0.908. The second-order valence-corrected chi connectivity index (χ2v) is 4.72. The van der Waals surface area contributed by atoms with Gasteiger partial charge in [-0.05, 0) is 37.6 Å². The molecule has 110 valence electrons. The largest absolute Gasteiger partial charge is 0.397 e. The number of carbonyl (C=O) groups is 1. The zero-order valence-corrected chi connectivity index (χ0v) is 11.4. The molecule has 3 N–H and O–H groups in total. The third-order valence-corrected chi connectivity index (χ3v) is 3.00. The first-order valence-corrected chi connectivity index (χ1v) is 6.43. The van der Waals surface area contributed by atoms with Gasteiger partial charge in [0, 0.05) is 17.8 Å². The molecule has 1 amide bonds. The number of nitrogens with two attached hydrogens (primary N) is 1. The fourth-order valence-electron chi connectivity index (χ4n) is 1.98. The molecule has 0 aliphatic heterocycles. The van der Waals surface area contributed by atoms with Gasteiger partial charge in [-0.25, -0.2) is 13.8 Å². The fraction of sp³-hybridized carbons (Fsp3) is 0.200. The Labute approximate surface area is 121 Å². The van der Waals surface area contributed by atoms with E-state index in [9.17, 15) is 13.6 Å². The number of nitrogens with zero attached hydrogens (tertiary/aromatic N) is 1. The van der Waals surface area contributed by atoms with Crippen molar-refractivity contribution in [3.05, 3.63) is 59.4 Å². The molecule has 2 rings (SSSR count). The highest BCUT2D eigenvalue weighted by Gasteiger charge is 2.17. The van der Waals surface area contributed by atoms with E-state index in [0.717, 1.165) is 0 Å². The minimum atomic E-state index is -0.631. The predicted octanol–water partition coefficient (Wildman–Crippen LogP) is 2.30. The molecule has 1 heterocycles. The molecule has 0 radical (unpaired) electrons. The van der Waals surface area contributed by atoms with Gasteiger partial charge in [-0.15, -0.1) is 0 Å². The van der Waals surface area contributed by atoms with Gasteiger partial charge in [-0.1, -0.05) is 6.07 Å². The maximum atomic E-state index is 13.6. The van der Waals surface area contributed by atoms with Crippen LogP contribution in [-0.4, -0.2) is 16.9 Å². The molecule has 0 bridgehead atoms. The van der Waals surface area contributed by atoms with Gasteiger partial charge in [-0.3, -0.25) is 4.79 Å².